The fourth-order valence-corrected chi connectivity index (χ4v) is 4.21. The molecule has 192 valence electrons. The third-order valence-electron chi connectivity index (χ3n) is 6.30. The topological polar surface area (TPSA) is 107 Å². The number of ether oxygens (including phenoxy) is 1. The lowest BCUT2D eigenvalue weighted by Crippen LogP contribution is -2.21. The summed E-state index contributed by atoms with van der Waals surface area (Å²) < 4.78 is 6.01. The molecule has 0 bridgehead atoms. The van der Waals surface area contributed by atoms with Crippen LogP contribution in [0.5, 0.6) is 28.7 Å². The van der Waals surface area contributed by atoms with Crippen LogP contribution in [0.25, 0.3) is 0 Å². The minimum absolute atomic E-state index is 0.0470. The first kappa shape index (κ1) is 26.9. The van der Waals surface area contributed by atoms with Crippen molar-refractivity contribution in [3.63, 3.8) is 0 Å². The summed E-state index contributed by atoms with van der Waals surface area (Å²) in [5.41, 5.74) is 4.85. The molecule has 3 rings (SSSR count). The Morgan fingerprint density at radius 3 is 2.25 bits per heavy atom. The van der Waals surface area contributed by atoms with Crippen LogP contribution in [0.15, 0.2) is 53.1 Å². The Kier molecular flexibility index (Phi) is 8.51. The Labute approximate surface area is 212 Å². The van der Waals surface area contributed by atoms with Crippen LogP contribution in [0, 0.1) is 0 Å². The van der Waals surface area contributed by atoms with E-state index in [9.17, 15) is 25.2 Å². The molecule has 1 aliphatic heterocycles. The third kappa shape index (κ3) is 6.30. The van der Waals surface area contributed by atoms with Crippen LogP contribution >= 0.6 is 0 Å². The van der Waals surface area contributed by atoms with Gasteiger partial charge in [0.1, 0.15) is 28.9 Å². The number of hydrogen-bond acceptors (Lipinski definition) is 6. The van der Waals surface area contributed by atoms with Gasteiger partial charge in [-0.2, -0.15) is 0 Å². The molecule has 0 saturated heterocycles. The van der Waals surface area contributed by atoms with Crippen LogP contribution < -0.4 is 4.74 Å². The summed E-state index contributed by atoms with van der Waals surface area (Å²) in [7, 11) is 0. The summed E-state index contributed by atoms with van der Waals surface area (Å²) in [5.74, 6) is -1.14. The van der Waals surface area contributed by atoms with Crippen molar-refractivity contribution in [3.8, 4) is 28.7 Å². The molecule has 0 radical (unpaired) electrons. The molecule has 1 aliphatic rings. The molecule has 1 heterocycles. The molecule has 0 fully saturated rings. The van der Waals surface area contributed by atoms with E-state index in [1.807, 2.05) is 32.9 Å². The number of hydrogen-bond donors (Lipinski definition) is 4. The highest BCUT2D eigenvalue weighted by molar-refractivity contribution is 6.03. The van der Waals surface area contributed by atoms with Gasteiger partial charge in [0, 0.05) is 17.2 Å². The largest absolute Gasteiger partial charge is 0.507 e. The van der Waals surface area contributed by atoms with E-state index in [2.05, 4.69) is 19.9 Å². The summed E-state index contributed by atoms with van der Waals surface area (Å²) >= 11 is 0. The number of phenols is 4. The Hall–Kier alpha value is -3.67. The van der Waals surface area contributed by atoms with E-state index in [4.69, 9.17) is 4.74 Å². The zero-order valence-electron chi connectivity index (χ0n) is 21.7. The van der Waals surface area contributed by atoms with E-state index in [-0.39, 0.29) is 52.1 Å². The van der Waals surface area contributed by atoms with Gasteiger partial charge in [-0.15, -0.1) is 0 Å². The second-order valence-corrected chi connectivity index (χ2v) is 9.94. The third-order valence-corrected chi connectivity index (χ3v) is 6.30. The molecular formula is C30H36O6. The Bertz CT molecular complexity index is 1240. The van der Waals surface area contributed by atoms with Gasteiger partial charge < -0.3 is 25.2 Å². The summed E-state index contributed by atoms with van der Waals surface area (Å²) in [6.07, 6.45) is 7.82. The van der Waals surface area contributed by atoms with Crippen LogP contribution in [0.3, 0.4) is 0 Å². The monoisotopic (exact) mass is 492 g/mol. The minimum atomic E-state index is -0.736. The lowest BCUT2D eigenvalue weighted by Gasteiger charge is -2.27. The number of carbonyl (C=O) groups excluding carboxylic acids is 1. The molecule has 0 amide bonds. The molecular weight excluding hydrogens is 456 g/mol. The molecule has 0 aliphatic carbocycles. The Morgan fingerprint density at radius 2 is 1.58 bits per heavy atom. The average molecular weight is 493 g/mol. The van der Waals surface area contributed by atoms with Crippen molar-refractivity contribution in [2.24, 2.45) is 0 Å². The van der Waals surface area contributed by atoms with Crippen molar-refractivity contribution in [1.82, 2.24) is 0 Å². The number of aromatic hydroxyl groups is 4. The van der Waals surface area contributed by atoms with Crippen molar-refractivity contribution in [1.29, 1.82) is 0 Å². The van der Waals surface area contributed by atoms with Gasteiger partial charge in [-0.3, -0.25) is 4.79 Å². The van der Waals surface area contributed by atoms with Crippen molar-refractivity contribution < 1.29 is 30.0 Å². The zero-order chi connectivity index (χ0) is 26.6. The maximum atomic E-state index is 13.0. The van der Waals surface area contributed by atoms with Gasteiger partial charge in [0.15, 0.2) is 17.3 Å². The van der Waals surface area contributed by atoms with Gasteiger partial charge in [0.25, 0.3) is 0 Å². The van der Waals surface area contributed by atoms with Crippen molar-refractivity contribution in [2.75, 3.05) is 0 Å². The van der Waals surface area contributed by atoms with Gasteiger partial charge in [-0.1, -0.05) is 34.9 Å². The van der Waals surface area contributed by atoms with Gasteiger partial charge in [-0.05, 0) is 78.0 Å². The molecule has 36 heavy (non-hydrogen) atoms. The Morgan fingerprint density at radius 1 is 0.889 bits per heavy atom. The number of ketones is 1. The van der Waals surface area contributed by atoms with Crippen molar-refractivity contribution >= 4 is 5.78 Å². The van der Waals surface area contributed by atoms with Gasteiger partial charge >= 0.3 is 0 Å². The molecule has 0 unspecified atom stereocenters. The molecule has 6 nitrogen and oxygen atoms in total. The molecule has 1 atom stereocenters. The van der Waals surface area contributed by atoms with Crippen LogP contribution in [0.4, 0.5) is 0 Å². The minimum Gasteiger partial charge on any atom is -0.507 e. The second kappa shape index (κ2) is 11.4. The number of rotatable bonds is 8. The second-order valence-electron chi connectivity index (χ2n) is 9.94. The summed E-state index contributed by atoms with van der Waals surface area (Å²) in [6, 6.07) is 4.46. The van der Waals surface area contributed by atoms with E-state index in [0.29, 0.717) is 24.0 Å². The van der Waals surface area contributed by atoms with E-state index < -0.39 is 6.10 Å². The number of carbonyl (C=O) groups is 1. The van der Waals surface area contributed by atoms with Crippen molar-refractivity contribution in [3.05, 3.63) is 75.4 Å². The van der Waals surface area contributed by atoms with Crippen molar-refractivity contribution in [2.45, 2.75) is 72.8 Å². The molecule has 0 spiro atoms. The lowest BCUT2D eigenvalue weighted by atomic mass is 9.91. The first-order chi connectivity index (χ1) is 17.0. The molecule has 2 aromatic rings. The van der Waals surface area contributed by atoms with Gasteiger partial charge in [0.05, 0.1) is 6.42 Å². The highest BCUT2D eigenvalue weighted by Crippen LogP contribution is 2.46. The van der Waals surface area contributed by atoms with Crippen LogP contribution in [-0.2, 0) is 12.8 Å². The van der Waals surface area contributed by atoms with E-state index in [1.165, 1.54) is 23.3 Å². The van der Waals surface area contributed by atoms with Gasteiger partial charge in [-0.25, -0.2) is 0 Å². The fraction of sp³-hybridized carbons (Fsp3) is 0.367. The lowest BCUT2D eigenvalue weighted by molar-refractivity contribution is 0.0844. The van der Waals surface area contributed by atoms with Gasteiger partial charge in [0.2, 0.25) is 0 Å². The standard InChI is InChI=1S/C30H36O6/c1-17(2)7-6-8-19(5)10-11-20-13-21(14-25(33)29(20)34)26-16-24(32)28-27(36-26)15-23(31)22(30(28)35)12-9-18(3)4/h7,9-10,13-15,26,31,33-35H,6,8,11-12,16H2,1-5H3/b19-10+/t26-/m0/s1. The maximum Gasteiger partial charge on any atom is 0.174 e. The average Bonchev–Trinajstić information content (AvgIpc) is 2.78. The first-order valence-electron chi connectivity index (χ1n) is 12.2. The predicted molar refractivity (Wildman–Crippen MR) is 141 cm³/mol. The number of Topliss-reactive ketones (excluding diaryl/α,β-unsaturated/α-hetero) is 1. The predicted octanol–water partition coefficient (Wildman–Crippen LogP) is 6.96. The number of fused-ring (bicyclic) bond motifs is 1. The normalized spacial score (nSPS) is 15.2. The fourth-order valence-electron chi connectivity index (χ4n) is 4.21. The van der Waals surface area contributed by atoms with Crippen LogP contribution in [0.1, 0.15) is 87.0 Å². The van der Waals surface area contributed by atoms with E-state index in [1.54, 1.807) is 6.07 Å². The van der Waals surface area contributed by atoms with E-state index in [0.717, 1.165) is 18.4 Å². The van der Waals surface area contributed by atoms with Crippen LogP contribution in [-0.4, -0.2) is 26.2 Å². The molecule has 0 aromatic heterocycles. The van der Waals surface area contributed by atoms with E-state index >= 15 is 0 Å². The number of phenolic OH excluding ortho intramolecular Hbond substituents is 4. The highest BCUT2D eigenvalue weighted by atomic mass is 16.5. The molecule has 4 N–H and O–H groups in total. The molecule has 2 aromatic carbocycles. The summed E-state index contributed by atoms with van der Waals surface area (Å²) in [4.78, 5) is 13.0. The number of benzene rings is 2. The molecule has 0 saturated carbocycles. The summed E-state index contributed by atoms with van der Waals surface area (Å²) in [6.45, 7) is 9.98. The zero-order valence-corrected chi connectivity index (χ0v) is 21.7. The molecule has 6 heteroatoms. The quantitative estimate of drug-likeness (QED) is 0.234. The highest BCUT2D eigenvalue weighted by Gasteiger charge is 2.33. The maximum absolute atomic E-state index is 13.0. The first-order valence-corrected chi connectivity index (χ1v) is 12.2. The Balaban J connectivity index is 1.87. The smallest absolute Gasteiger partial charge is 0.174 e. The SMILES string of the molecule is CC(C)=CCC/C(C)=C/Cc1cc([C@@H]2CC(=O)c3c(cc(O)c(CC=C(C)C)c3O)O2)cc(O)c1O. The number of allylic oxidation sites excluding steroid dienone is 6. The summed E-state index contributed by atoms with van der Waals surface area (Å²) in [5, 5.41) is 42.0. The van der Waals surface area contributed by atoms with Crippen LogP contribution in [0.2, 0.25) is 0 Å².